The molecule has 5 heteroatoms. The van der Waals surface area contributed by atoms with Gasteiger partial charge in [0.1, 0.15) is 5.69 Å². The van der Waals surface area contributed by atoms with Gasteiger partial charge in [0.2, 0.25) is 0 Å². The van der Waals surface area contributed by atoms with Crippen molar-refractivity contribution >= 4 is 5.97 Å². The molecule has 0 saturated carbocycles. The van der Waals surface area contributed by atoms with Crippen LogP contribution in [0.2, 0.25) is 0 Å². The fourth-order valence-electron chi connectivity index (χ4n) is 1.87. The zero-order valence-electron chi connectivity index (χ0n) is 10.4. The molecule has 0 aliphatic carbocycles. The first-order chi connectivity index (χ1) is 8.41. The van der Waals surface area contributed by atoms with Crippen LogP contribution in [0, 0.1) is 13.8 Å². The molecule has 2 rings (SSSR count). The van der Waals surface area contributed by atoms with Crippen LogP contribution in [0.1, 0.15) is 21.5 Å². The first kappa shape index (κ1) is 12.2. The Morgan fingerprint density at radius 1 is 1.28 bits per heavy atom. The molecule has 1 aromatic carbocycles. The summed E-state index contributed by atoms with van der Waals surface area (Å²) in [6, 6.07) is 5.50. The van der Waals surface area contributed by atoms with Crippen molar-refractivity contribution in [3.63, 3.8) is 0 Å². The highest BCUT2D eigenvalue weighted by molar-refractivity contribution is 5.94. The Morgan fingerprint density at radius 3 is 2.50 bits per heavy atom. The van der Waals surface area contributed by atoms with E-state index in [2.05, 4.69) is 0 Å². The molecule has 0 aliphatic rings. The van der Waals surface area contributed by atoms with Gasteiger partial charge in [0.15, 0.2) is 5.56 Å². The Bertz CT molecular complexity index is 679. The SMILES string of the molecule is Cc1ccc(-c2c(C(=O)O)c(=O)on2C)cc1C. The number of hydrogen-bond acceptors (Lipinski definition) is 3. The van der Waals surface area contributed by atoms with Crippen LogP contribution in [0.25, 0.3) is 11.3 Å². The van der Waals surface area contributed by atoms with Gasteiger partial charge in [-0.05, 0) is 31.0 Å². The summed E-state index contributed by atoms with van der Waals surface area (Å²) >= 11 is 0. The number of rotatable bonds is 2. The third-order valence-corrected chi connectivity index (χ3v) is 2.97. The van der Waals surface area contributed by atoms with Crippen LogP contribution in [-0.4, -0.2) is 15.8 Å². The molecular weight excluding hydrogens is 234 g/mol. The topological polar surface area (TPSA) is 72.4 Å². The van der Waals surface area contributed by atoms with E-state index in [0.29, 0.717) is 5.56 Å². The van der Waals surface area contributed by atoms with Crippen LogP contribution in [0.15, 0.2) is 27.5 Å². The van der Waals surface area contributed by atoms with Gasteiger partial charge < -0.3 is 9.63 Å². The molecule has 94 valence electrons. The van der Waals surface area contributed by atoms with Gasteiger partial charge in [0, 0.05) is 12.6 Å². The lowest BCUT2D eigenvalue weighted by Gasteiger charge is -2.06. The van der Waals surface area contributed by atoms with Gasteiger partial charge >= 0.3 is 11.6 Å². The maximum absolute atomic E-state index is 11.5. The predicted octanol–water partition coefficient (Wildman–Crippen LogP) is 1.96. The lowest BCUT2D eigenvalue weighted by Crippen LogP contribution is -2.09. The fourth-order valence-corrected chi connectivity index (χ4v) is 1.87. The summed E-state index contributed by atoms with van der Waals surface area (Å²) < 4.78 is 6.00. The monoisotopic (exact) mass is 247 g/mol. The second-order valence-electron chi connectivity index (χ2n) is 4.20. The van der Waals surface area contributed by atoms with Crippen molar-refractivity contribution in [1.29, 1.82) is 0 Å². The maximum atomic E-state index is 11.5. The van der Waals surface area contributed by atoms with Crippen LogP contribution in [-0.2, 0) is 7.05 Å². The van der Waals surface area contributed by atoms with Gasteiger partial charge in [0.05, 0.1) is 0 Å². The average molecular weight is 247 g/mol. The highest BCUT2D eigenvalue weighted by Crippen LogP contribution is 2.24. The Kier molecular flexibility index (Phi) is 2.82. The first-order valence-corrected chi connectivity index (χ1v) is 5.43. The van der Waals surface area contributed by atoms with E-state index < -0.39 is 11.6 Å². The van der Waals surface area contributed by atoms with E-state index in [0.717, 1.165) is 11.1 Å². The number of hydrogen-bond donors (Lipinski definition) is 1. The summed E-state index contributed by atoms with van der Waals surface area (Å²) in [6.45, 7) is 3.89. The first-order valence-electron chi connectivity index (χ1n) is 5.43. The fraction of sp³-hybridized carbons (Fsp3) is 0.231. The van der Waals surface area contributed by atoms with Crippen LogP contribution < -0.4 is 5.63 Å². The van der Waals surface area contributed by atoms with Crippen molar-refractivity contribution in [3.05, 3.63) is 45.3 Å². The number of aromatic carboxylic acids is 1. The Balaban J connectivity index is 2.74. The van der Waals surface area contributed by atoms with Crippen molar-refractivity contribution in [2.45, 2.75) is 13.8 Å². The second kappa shape index (κ2) is 4.18. The quantitative estimate of drug-likeness (QED) is 0.880. The molecule has 18 heavy (non-hydrogen) atoms. The summed E-state index contributed by atoms with van der Waals surface area (Å²) in [5.74, 6) is -1.28. The number of benzene rings is 1. The number of carbonyl (C=O) groups is 1. The normalized spacial score (nSPS) is 10.6. The van der Waals surface area contributed by atoms with Crippen LogP contribution >= 0.6 is 0 Å². The summed E-state index contributed by atoms with van der Waals surface area (Å²) in [6.07, 6.45) is 0. The van der Waals surface area contributed by atoms with Gasteiger partial charge in [0.25, 0.3) is 0 Å². The molecule has 0 amide bonds. The molecule has 0 spiro atoms. The molecule has 0 fully saturated rings. The van der Waals surface area contributed by atoms with Crippen molar-refractivity contribution in [2.24, 2.45) is 7.05 Å². The molecule has 0 bridgehead atoms. The Hall–Kier alpha value is -2.30. The molecule has 0 aliphatic heterocycles. The highest BCUT2D eigenvalue weighted by atomic mass is 16.5. The van der Waals surface area contributed by atoms with Gasteiger partial charge in [-0.15, -0.1) is 0 Å². The van der Waals surface area contributed by atoms with Crippen LogP contribution in [0.5, 0.6) is 0 Å². The van der Waals surface area contributed by atoms with Crippen molar-refractivity contribution in [1.82, 2.24) is 4.74 Å². The summed E-state index contributed by atoms with van der Waals surface area (Å²) in [5.41, 5.74) is 1.90. The maximum Gasteiger partial charge on any atom is 0.372 e. The lowest BCUT2D eigenvalue weighted by molar-refractivity contribution is 0.0695. The minimum absolute atomic E-state index is 0.288. The summed E-state index contributed by atoms with van der Waals surface area (Å²) in [4.78, 5) is 22.6. The molecule has 0 saturated heterocycles. The van der Waals surface area contributed by atoms with E-state index in [-0.39, 0.29) is 11.3 Å². The number of carboxylic acids is 1. The van der Waals surface area contributed by atoms with Gasteiger partial charge in [-0.25, -0.2) is 14.3 Å². The number of nitrogens with zero attached hydrogens (tertiary/aromatic N) is 1. The second-order valence-corrected chi connectivity index (χ2v) is 4.20. The largest absolute Gasteiger partial charge is 0.477 e. The predicted molar refractivity (Wildman–Crippen MR) is 65.8 cm³/mol. The van der Waals surface area contributed by atoms with Gasteiger partial charge in [-0.2, -0.15) is 0 Å². The van der Waals surface area contributed by atoms with E-state index in [4.69, 9.17) is 9.63 Å². The van der Waals surface area contributed by atoms with Gasteiger partial charge in [-0.1, -0.05) is 12.1 Å². The zero-order chi connectivity index (χ0) is 13.4. The third kappa shape index (κ3) is 1.84. The van der Waals surface area contributed by atoms with E-state index in [1.54, 1.807) is 6.07 Å². The van der Waals surface area contributed by atoms with Crippen molar-refractivity contribution in [3.8, 4) is 11.3 Å². The lowest BCUT2D eigenvalue weighted by atomic mass is 10.0. The standard InChI is InChI=1S/C13H13NO4/c1-7-4-5-9(6-8(7)2)11-10(12(15)16)13(17)18-14(11)3/h4-6H,1-3H3,(H,15,16). The van der Waals surface area contributed by atoms with Crippen molar-refractivity contribution < 1.29 is 14.4 Å². The number of carboxylic acid groups (broad SMARTS) is 1. The minimum atomic E-state index is -1.28. The average Bonchev–Trinajstić information content (AvgIpc) is 2.57. The molecule has 0 radical (unpaired) electrons. The minimum Gasteiger partial charge on any atom is -0.477 e. The molecule has 0 atom stereocenters. The third-order valence-electron chi connectivity index (χ3n) is 2.97. The molecule has 1 N–H and O–H groups in total. The van der Waals surface area contributed by atoms with Gasteiger partial charge in [-0.3, -0.25) is 0 Å². The van der Waals surface area contributed by atoms with E-state index in [1.165, 1.54) is 11.8 Å². The smallest absolute Gasteiger partial charge is 0.372 e. The zero-order valence-corrected chi connectivity index (χ0v) is 10.4. The highest BCUT2D eigenvalue weighted by Gasteiger charge is 2.23. The summed E-state index contributed by atoms with van der Waals surface area (Å²) in [5, 5.41) is 9.07. The van der Waals surface area contributed by atoms with Crippen LogP contribution in [0.4, 0.5) is 0 Å². The molecule has 2 aromatic rings. The summed E-state index contributed by atoms with van der Waals surface area (Å²) in [7, 11) is 1.51. The number of aryl methyl sites for hydroxylation is 3. The molecule has 5 nitrogen and oxygen atoms in total. The van der Waals surface area contributed by atoms with E-state index in [1.807, 2.05) is 26.0 Å². The molecule has 1 aromatic heterocycles. The number of aromatic nitrogens is 1. The Labute approximate surface area is 103 Å². The van der Waals surface area contributed by atoms with E-state index in [9.17, 15) is 9.59 Å². The van der Waals surface area contributed by atoms with Crippen molar-refractivity contribution in [2.75, 3.05) is 0 Å². The van der Waals surface area contributed by atoms with Crippen LogP contribution in [0.3, 0.4) is 0 Å². The molecule has 0 unspecified atom stereocenters. The Morgan fingerprint density at radius 2 is 1.94 bits per heavy atom. The molecule has 1 heterocycles. The van der Waals surface area contributed by atoms with E-state index >= 15 is 0 Å². The molecular formula is C13H13NO4.